The van der Waals surface area contributed by atoms with Crippen LogP contribution in [0, 0.1) is 11.6 Å². The van der Waals surface area contributed by atoms with Gasteiger partial charge in [0.15, 0.2) is 11.6 Å². The van der Waals surface area contributed by atoms with E-state index in [1.54, 1.807) is 0 Å². The van der Waals surface area contributed by atoms with Crippen molar-refractivity contribution in [2.45, 2.75) is 25.0 Å². The second-order valence-corrected chi connectivity index (χ2v) is 5.59. The molecule has 1 amide bonds. The zero-order valence-electron chi connectivity index (χ0n) is 11.6. The molecular weight excluding hydrogens is 278 g/mol. The molecule has 1 aromatic carbocycles. The molecule has 0 radical (unpaired) electrons. The topological polar surface area (TPSA) is 41.6 Å². The van der Waals surface area contributed by atoms with E-state index in [1.165, 1.54) is 18.9 Å². The smallest absolute Gasteiger partial charge is 0.251 e. The number of rotatable bonds is 3. The molecule has 0 aromatic heterocycles. The molecule has 0 saturated carbocycles. The van der Waals surface area contributed by atoms with E-state index >= 15 is 0 Å². The third kappa shape index (κ3) is 3.22. The second-order valence-electron chi connectivity index (χ2n) is 5.59. The van der Waals surface area contributed by atoms with E-state index < -0.39 is 17.5 Å². The minimum Gasteiger partial charge on any atom is -0.373 e. The number of hydrogen-bond donors (Lipinski definition) is 1. The van der Waals surface area contributed by atoms with Crippen molar-refractivity contribution in [2.24, 2.45) is 0 Å². The first-order valence-electron chi connectivity index (χ1n) is 7.22. The van der Waals surface area contributed by atoms with E-state index in [4.69, 9.17) is 4.74 Å². The maximum absolute atomic E-state index is 13.1. The Morgan fingerprint density at radius 3 is 3.05 bits per heavy atom. The van der Waals surface area contributed by atoms with E-state index in [1.807, 2.05) is 0 Å². The van der Waals surface area contributed by atoms with Crippen LogP contribution in [0.3, 0.4) is 0 Å². The van der Waals surface area contributed by atoms with Crippen LogP contribution in [0.2, 0.25) is 0 Å². The van der Waals surface area contributed by atoms with Crippen LogP contribution in [0.5, 0.6) is 0 Å². The lowest BCUT2D eigenvalue weighted by molar-refractivity contribution is -0.0461. The van der Waals surface area contributed by atoms with E-state index in [9.17, 15) is 13.6 Å². The number of nitrogens with one attached hydrogen (secondary N) is 1. The zero-order valence-corrected chi connectivity index (χ0v) is 11.6. The average Bonchev–Trinajstić information content (AvgIpc) is 2.95. The summed E-state index contributed by atoms with van der Waals surface area (Å²) >= 11 is 0. The Kier molecular flexibility index (Phi) is 4.17. The highest BCUT2D eigenvalue weighted by Gasteiger charge is 2.32. The molecule has 114 valence electrons. The van der Waals surface area contributed by atoms with Crippen molar-refractivity contribution in [1.29, 1.82) is 0 Å². The van der Waals surface area contributed by atoms with Crippen LogP contribution in [0.1, 0.15) is 23.2 Å². The van der Waals surface area contributed by atoms with Crippen LogP contribution in [0.15, 0.2) is 18.2 Å². The molecule has 0 spiro atoms. The van der Waals surface area contributed by atoms with E-state index in [2.05, 4.69) is 10.2 Å². The van der Waals surface area contributed by atoms with Gasteiger partial charge in [0.2, 0.25) is 0 Å². The molecule has 2 aliphatic rings. The van der Waals surface area contributed by atoms with Crippen molar-refractivity contribution in [3.05, 3.63) is 35.4 Å². The Bertz CT molecular complexity index is 538. The van der Waals surface area contributed by atoms with Gasteiger partial charge in [-0.3, -0.25) is 9.69 Å². The normalized spacial score (nSPS) is 25.6. The summed E-state index contributed by atoms with van der Waals surface area (Å²) < 4.78 is 31.7. The number of carbonyl (C=O) groups is 1. The van der Waals surface area contributed by atoms with Gasteiger partial charge in [0.25, 0.3) is 5.91 Å². The molecule has 2 atom stereocenters. The number of hydrogen-bond acceptors (Lipinski definition) is 3. The highest BCUT2D eigenvalue weighted by atomic mass is 19.2. The number of fused-ring (bicyclic) bond motifs is 1. The van der Waals surface area contributed by atoms with Gasteiger partial charge in [0.1, 0.15) is 0 Å². The molecule has 0 aliphatic carbocycles. The molecule has 6 heteroatoms. The summed E-state index contributed by atoms with van der Waals surface area (Å²) in [6.07, 6.45) is 2.32. The number of ether oxygens (including phenoxy) is 1. The highest BCUT2D eigenvalue weighted by Crippen LogP contribution is 2.22. The predicted octanol–water partition coefficient (Wildman–Crippen LogP) is 1.56. The van der Waals surface area contributed by atoms with Crippen molar-refractivity contribution in [3.63, 3.8) is 0 Å². The fourth-order valence-electron chi connectivity index (χ4n) is 2.96. The SMILES string of the molecule is O=C(NC[C@@H]1CN2CCC[C@H]2CO1)c1ccc(F)c(F)c1. The highest BCUT2D eigenvalue weighted by molar-refractivity contribution is 5.94. The summed E-state index contributed by atoms with van der Waals surface area (Å²) in [5, 5.41) is 2.72. The Morgan fingerprint density at radius 2 is 2.24 bits per heavy atom. The first kappa shape index (κ1) is 14.4. The number of nitrogens with zero attached hydrogens (tertiary/aromatic N) is 1. The lowest BCUT2D eigenvalue weighted by Gasteiger charge is -2.35. The maximum Gasteiger partial charge on any atom is 0.251 e. The molecule has 4 nitrogen and oxygen atoms in total. The van der Waals surface area contributed by atoms with Gasteiger partial charge in [0, 0.05) is 24.7 Å². The quantitative estimate of drug-likeness (QED) is 0.920. The van der Waals surface area contributed by atoms with Gasteiger partial charge in [0.05, 0.1) is 12.7 Å². The Morgan fingerprint density at radius 1 is 1.38 bits per heavy atom. The van der Waals surface area contributed by atoms with Gasteiger partial charge in [-0.25, -0.2) is 8.78 Å². The minimum absolute atomic E-state index is 0.0476. The van der Waals surface area contributed by atoms with E-state index in [0.717, 1.165) is 25.2 Å². The lowest BCUT2D eigenvalue weighted by Crippen LogP contribution is -2.50. The molecule has 2 saturated heterocycles. The van der Waals surface area contributed by atoms with Crippen molar-refractivity contribution >= 4 is 5.91 Å². The molecule has 2 heterocycles. The maximum atomic E-state index is 13.1. The number of halogens is 2. The van der Waals surface area contributed by atoms with Crippen LogP contribution in [0.4, 0.5) is 8.78 Å². The van der Waals surface area contributed by atoms with Gasteiger partial charge in [-0.1, -0.05) is 0 Å². The van der Waals surface area contributed by atoms with Gasteiger partial charge < -0.3 is 10.1 Å². The van der Waals surface area contributed by atoms with Gasteiger partial charge in [-0.15, -0.1) is 0 Å². The van der Waals surface area contributed by atoms with E-state index in [-0.39, 0.29) is 11.7 Å². The fraction of sp³-hybridized carbons (Fsp3) is 0.533. The van der Waals surface area contributed by atoms with Crippen molar-refractivity contribution in [2.75, 3.05) is 26.2 Å². The molecule has 0 bridgehead atoms. The van der Waals surface area contributed by atoms with Gasteiger partial charge in [-0.05, 0) is 37.6 Å². The number of morpholine rings is 1. The zero-order chi connectivity index (χ0) is 14.8. The summed E-state index contributed by atoms with van der Waals surface area (Å²) in [5.41, 5.74) is 0.115. The third-order valence-electron chi connectivity index (χ3n) is 4.13. The molecule has 2 aliphatic heterocycles. The first-order valence-corrected chi connectivity index (χ1v) is 7.22. The van der Waals surface area contributed by atoms with Crippen molar-refractivity contribution < 1.29 is 18.3 Å². The van der Waals surface area contributed by atoms with Crippen molar-refractivity contribution in [1.82, 2.24) is 10.2 Å². The van der Waals surface area contributed by atoms with Gasteiger partial charge in [-0.2, -0.15) is 0 Å². The average molecular weight is 296 g/mol. The predicted molar refractivity (Wildman–Crippen MR) is 73.0 cm³/mol. The van der Waals surface area contributed by atoms with Crippen LogP contribution >= 0.6 is 0 Å². The number of benzene rings is 1. The summed E-state index contributed by atoms with van der Waals surface area (Å²) in [4.78, 5) is 14.3. The monoisotopic (exact) mass is 296 g/mol. The molecule has 1 aromatic rings. The summed E-state index contributed by atoms with van der Waals surface area (Å²) in [6.45, 7) is 2.97. The molecule has 1 N–H and O–H groups in total. The lowest BCUT2D eigenvalue weighted by atomic mass is 10.1. The molecular formula is C15H18F2N2O2. The summed E-state index contributed by atoms with van der Waals surface area (Å²) in [7, 11) is 0. The third-order valence-corrected chi connectivity index (χ3v) is 4.13. The summed E-state index contributed by atoms with van der Waals surface area (Å²) in [5.74, 6) is -2.39. The first-order chi connectivity index (χ1) is 10.1. The van der Waals surface area contributed by atoms with Crippen LogP contribution in [0.25, 0.3) is 0 Å². The summed E-state index contributed by atoms with van der Waals surface area (Å²) in [6, 6.07) is 3.65. The van der Waals surface area contributed by atoms with Crippen LogP contribution in [-0.2, 0) is 4.74 Å². The number of carbonyl (C=O) groups excluding carboxylic acids is 1. The Labute approximate surface area is 122 Å². The second kappa shape index (κ2) is 6.07. The number of amides is 1. The minimum atomic E-state index is -1.02. The van der Waals surface area contributed by atoms with Gasteiger partial charge >= 0.3 is 0 Å². The molecule has 0 unspecified atom stereocenters. The fourth-order valence-corrected chi connectivity index (χ4v) is 2.96. The van der Waals surface area contributed by atoms with Crippen LogP contribution < -0.4 is 5.32 Å². The molecule has 21 heavy (non-hydrogen) atoms. The Balaban J connectivity index is 1.52. The van der Waals surface area contributed by atoms with Crippen molar-refractivity contribution in [3.8, 4) is 0 Å². The van der Waals surface area contributed by atoms with Crippen LogP contribution in [-0.4, -0.2) is 49.2 Å². The Hall–Kier alpha value is -1.53. The largest absolute Gasteiger partial charge is 0.373 e. The standard InChI is InChI=1S/C15H18F2N2O2/c16-13-4-3-10(6-14(13)17)15(20)18-7-12-8-19-5-1-2-11(19)9-21-12/h3-4,6,11-12H,1-2,5,7-9H2,(H,18,20)/t11-,12+/m0/s1. The molecule has 2 fully saturated rings. The van der Waals surface area contributed by atoms with E-state index in [0.29, 0.717) is 19.2 Å². The molecule has 3 rings (SSSR count).